The summed E-state index contributed by atoms with van der Waals surface area (Å²) in [4.78, 5) is 26.4. The van der Waals surface area contributed by atoms with Crippen LogP contribution >= 0.6 is 11.6 Å². The molecule has 11 heteroatoms. The van der Waals surface area contributed by atoms with Crippen LogP contribution < -0.4 is 14.8 Å². The van der Waals surface area contributed by atoms with Gasteiger partial charge in [0.25, 0.3) is 0 Å². The number of rotatable bonds is 20. The summed E-state index contributed by atoms with van der Waals surface area (Å²) >= 11 is 6.04. The molecule has 0 aliphatic carbocycles. The Morgan fingerprint density at radius 1 is 0.884 bits per heavy atom. The van der Waals surface area contributed by atoms with Gasteiger partial charge in [-0.2, -0.15) is 0 Å². The molecule has 238 valence electrons. The van der Waals surface area contributed by atoms with Crippen molar-refractivity contribution in [3.05, 3.63) is 58.6 Å². The lowest BCUT2D eigenvalue weighted by Crippen LogP contribution is -2.56. The third-order valence-electron chi connectivity index (χ3n) is 6.69. The van der Waals surface area contributed by atoms with E-state index in [0.717, 1.165) is 36.8 Å². The molecule has 0 saturated carbocycles. The van der Waals surface area contributed by atoms with Gasteiger partial charge in [0.05, 0.1) is 19.3 Å². The molecule has 3 rings (SSSR count). The molecule has 2 aromatic carbocycles. The molecule has 43 heavy (non-hydrogen) atoms. The molecule has 0 aromatic heterocycles. The zero-order chi connectivity index (χ0) is 31.1. The maximum absolute atomic E-state index is 13.2. The van der Waals surface area contributed by atoms with Gasteiger partial charge < -0.3 is 38.8 Å². The van der Waals surface area contributed by atoms with Crippen LogP contribution in [0.2, 0.25) is 5.02 Å². The second-order valence-corrected chi connectivity index (χ2v) is 10.8. The first-order valence-electron chi connectivity index (χ1n) is 15.0. The van der Waals surface area contributed by atoms with Gasteiger partial charge in [-0.15, -0.1) is 0 Å². The summed E-state index contributed by atoms with van der Waals surface area (Å²) in [6.07, 6.45) is 3.61. The SMILES string of the molecule is CCCCOCCOC(=O)C1(C(=O)OCCOCCCC)Oc2ccc(C[C@@H](C)NC[C@H](O)c3cccc(Cl)c3)cc2O1. The fraction of sp³-hybridized carbons (Fsp3) is 0.562. The summed E-state index contributed by atoms with van der Waals surface area (Å²) in [5.41, 5.74) is 1.59. The van der Waals surface area contributed by atoms with Gasteiger partial charge in [-0.25, -0.2) is 9.59 Å². The minimum atomic E-state index is -2.43. The van der Waals surface area contributed by atoms with Crippen molar-refractivity contribution in [2.24, 2.45) is 0 Å². The van der Waals surface area contributed by atoms with E-state index in [1.54, 1.807) is 30.3 Å². The summed E-state index contributed by atoms with van der Waals surface area (Å²) in [6, 6.07) is 12.3. The van der Waals surface area contributed by atoms with E-state index in [-0.39, 0.29) is 44.0 Å². The van der Waals surface area contributed by atoms with Gasteiger partial charge >= 0.3 is 17.7 Å². The van der Waals surface area contributed by atoms with Crippen LogP contribution in [0.15, 0.2) is 42.5 Å². The number of fused-ring (bicyclic) bond motifs is 1. The Morgan fingerprint density at radius 2 is 1.51 bits per heavy atom. The summed E-state index contributed by atoms with van der Waals surface area (Å²) in [5.74, 6) is -4.04. The number of aliphatic hydroxyl groups is 1. The Balaban J connectivity index is 1.61. The van der Waals surface area contributed by atoms with Gasteiger partial charge in [0.2, 0.25) is 0 Å². The number of hydrogen-bond donors (Lipinski definition) is 2. The minimum absolute atomic E-state index is 0.0192. The Kier molecular flexibility index (Phi) is 14.5. The van der Waals surface area contributed by atoms with Gasteiger partial charge in [0.15, 0.2) is 11.5 Å². The molecule has 1 aliphatic heterocycles. The molecular weight excluding hydrogens is 578 g/mol. The lowest BCUT2D eigenvalue weighted by Gasteiger charge is -2.23. The smallest absolute Gasteiger partial charge is 0.453 e. The van der Waals surface area contributed by atoms with E-state index in [1.165, 1.54) is 0 Å². The van der Waals surface area contributed by atoms with Crippen molar-refractivity contribution in [1.29, 1.82) is 0 Å². The fourth-order valence-corrected chi connectivity index (χ4v) is 4.47. The van der Waals surface area contributed by atoms with Gasteiger partial charge in [-0.05, 0) is 61.6 Å². The Labute approximate surface area is 258 Å². The predicted molar refractivity (Wildman–Crippen MR) is 161 cm³/mol. The van der Waals surface area contributed by atoms with E-state index in [4.69, 9.17) is 40.0 Å². The molecule has 0 bridgehead atoms. The Morgan fingerprint density at radius 3 is 2.12 bits per heavy atom. The highest BCUT2D eigenvalue weighted by molar-refractivity contribution is 6.30. The highest BCUT2D eigenvalue weighted by Gasteiger charge is 2.59. The number of esters is 2. The molecule has 0 unspecified atom stereocenters. The third kappa shape index (κ3) is 10.7. The minimum Gasteiger partial charge on any atom is -0.457 e. The van der Waals surface area contributed by atoms with Gasteiger partial charge in [-0.1, -0.05) is 56.5 Å². The van der Waals surface area contributed by atoms with Crippen molar-refractivity contribution in [2.45, 2.75) is 70.8 Å². The molecule has 2 N–H and O–H groups in total. The molecular formula is C32H44ClNO9. The summed E-state index contributed by atoms with van der Waals surface area (Å²) in [7, 11) is 0. The number of hydrogen-bond acceptors (Lipinski definition) is 10. The van der Waals surface area contributed by atoms with Crippen molar-refractivity contribution in [3.63, 3.8) is 0 Å². The van der Waals surface area contributed by atoms with Crippen LogP contribution in [-0.2, 0) is 35.0 Å². The molecule has 1 heterocycles. The summed E-state index contributed by atoms with van der Waals surface area (Å²) in [6.45, 7) is 7.72. The summed E-state index contributed by atoms with van der Waals surface area (Å²) < 4.78 is 33.2. The molecule has 2 atom stereocenters. The topological polar surface area (TPSA) is 122 Å². The lowest BCUT2D eigenvalue weighted by atomic mass is 10.1. The molecule has 0 fully saturated rings. The first-order valence-corrected chi connectivity index (χ1v) is 15.3. The van der Waals surface area contributed by atoms with Crippen molar-refractivity contribution in [2.75, 3.05) is 46.2 Å². The Bertz CT molecular complexity index is 1130. The molecule has 0 radical (unpaired) electrons. The number of unbranched alkanes of at least 4 members (excludes halogenated alkanes) is 2. The molecule has 0 saturated heterocycles. The molecule has 0 spiro atoms. The highest BCUT2D eigenvalue weighted by Crippen LogP contribution is 2.41. The van der Waals surface area contributed by atoms with E-state index >= 15 is 0 Å². The Hall–Kier alpha value is -2.89. The average Bonchev–Trinajstić information content (AvgIpc) is 3.39. The quantitative estimate of drug-likeness (QED) is 0.121. The molecule has 0 amide bonds. The van der Waals surface area contributed by atoms with E-state index in [1.807, 2.05) is 19.1 Å². The second-order valence-electron chi connectivity index (χ2n) is 10.4. The van der Waals surface area contributed by atoms with E-state index in [0.29, 0.717) is 31.2 Å². The fourth-order valence-electron chi connectivity index (χ4n) is 4.27. The van der Waals surface area contributed by atoms with Crippen molar-refractivity contribution >= 4 is 23.5 Å². The number of benzene rings is 2. The van der Waals surface area contributed by atoms with Crippen LogP contribution in [-0.4, -0.2) is 75.1 Å². The zero-order valence-electron chi connectivity index (χ0n) is 25.3. The van der Waals surface area contributed by atoms with Crippen molar-refractivity contribution in [1.82, 2.24) is 5.32 Å². The van der Waals surface area contributed by atoms with Crippen LogP contribution in [0.25, 0.3) is 0 Å². The van der Waals surface area contributed by atoms with Crippen molar-refractivity contribution < 1.29 is 43.1 Å². The average molecular weight is 622 g/mol. The number of halogens is 1. The number of nitrogens with one attached hydrogen (secondary N) is 1. The summed E-state index contributed by atoms with van der Waals surface area (Å²) in [5, 5.41) is 14.4. The lowest BCUT2D eigenvalue weighted by molar-refractivity contribution is -0.204. The number of carbonyl (C=O) groups excluding carboxylic acids is 2. The number of ether oxygens (including phenoxy) is 6. The highest BCUT2D eigenvalue weighted by atomic mass is 35.5. The van der Waals surface area contributed by atoms with Crippen LogP contribution in [0.5, 0.6) is 11.5 Å². The first kappa shape index (κ1) is 34.6. The van der Waals surface area contributed by atoms with Crippen LogP contribution in [0.3, 0.4) is 0 Å². The van der Waals surface area contributed by atoms with Crippen molar-refractivity contribution in [3.8, 4) is 11.5 Å². The van der Waals surface area contributed by atoms with Gasteiger partial charge in [0.1, 0.15) is 13.2 Å². The largest absolute Gasteiger partial charge is 0.457 e. The van der Waals surface area contributed by atoms with Crippen LogP contribution in [0.4, 0.5) is 0 Å². The maximum atomic E-state index is 13.2. The third-order valence-corrected chi connectivity index (χ3v) is 6.93. The monoisotopic (exact) mass is 621 g/mol. The van der Waals surface area contributed by atoms with Gasteiger partial charge in [0, 0.05) is 30.8 Å². The second kappa shape index (κ2) is 18.0. The zero-order valence-corrected chi connectivity index (χ0v) is 26.0. The predicted octanol–water partition coefficient (Wildman–Crippen LogP) is 4.78. The van der Waals surface area contributed by atoms with E-state index < -0.39 is 23.8 Å². The van der Waals surface area contributed by atoms with E-state index in [9.17, 15) is 14.7 Å². The first-order chi connectivity index (χ1) is 20.8. The maximum Gasteiger partial charge on any atom is 0.453 e. The molecule has 10 nitrogen and oxygen atoms in total. The molecule has 2 aromatic rings. The standard InChI is InChI=1S/C32H44ClNO9/c1-4-6-13-38-15-17-40-30(36)32(31(37)41-18-16-39-14-7-5-2)42-28-12-11-24(20-29(28)43-32)19-23(3)34-22-27(35)25-9-8-10-26(33)21-25/h8-12,20-21,23,27,34-35H,4-7,13-19,22H2,1-3H3/t23-,27+/m1/s1. The van der Waals surface area contributed by atoms with Gasteiger partial charge in [-0.3, -0.25) is 0 Å². The normalized spacial score (nSPS) is 14.7. The number of carbonyl (C=O) groups is 2. The van der Waals surface area contributed by atoms with Crippen LogP contribution in [0.1, 0.15) is 63.7 Å². The molecule has 1 aliphatic rings. The van der Waals surface area contributed by atoms with Crippen LogP contribution in [0, 0.1) is 0 Å². The number of aliphatic hydroxyl groups excluding tert-OH is 1. The van der Waals surface area contributed by atoms with E-state index in [2.05, 4.69) is 19.2 Å².